The Balaban J connectivity index is 3.43. The number of rotatable bonds is 51. The van der Waals surface area contributed by atoms with Gasteiger partial charge in [0.2, 0.25) is 5.91 Å². The van der Waals surface area contributed by atoms with Gasteiger partial charge in [0.15, 0.2) is 0 Å². The number of hydrogen-bond donors (Lipinski definition) is 3. The van der Waals surface area contributed by atoms with Crippen molar-refractivity contribution in [2.24, 2.45) is 0 Å². The van der Waals surface area contributed by atoms with Crippen LogP contribution in [0.3, 0.4) is 0 Å². The van der Waals surface area contributed by atoms with E-state index >= 15 is 0 Å². The molecule has 6 nitrogen and oxygen atoms in total. The van der Waals surface area contributed by atoms with Crippen LogP contribution in [0.25, 0.3) is 0 Å². The van der Waals surface area contributed by atoms with Crippen LogP contribution in [0, 0.1) is 0 Å². The maximum absolute atomic E-state index is 12.4. The van der Waals surface area contributed by atoms with E-state index in [0.717, 1.165) is 51.4 Å². The van der Waals surface area contributed by atoms with Crippen molar-refractivity contribution in [3.05, 3.63) is 36.5 Å². The second-order valence-electron chi connectivity index (χ2n) is 18.9. The van der Waals surface area contributed by atoms with Crippen molar-refractivity contribution in [3.8, 4) is 0 Å². The zero-order valence-corrected chi connectivity index (χ0v) is 42.1. The van der Waals surface area contributed by atoms with Crippen LogP contribution in [-0.4, -0.2) is 47.4 Å². The number of carbonyl (C=O) groups excluding carboxylic acids is 2. The molecule has 0 aliphatic heterocycles. The van der Waals surface area contributed by atoms with E-state index in [-0.39, 0.29) is 18.5 Å². The third-order valence-electron chi connectivity index (χ3n) is 12.6. The van der Waals surface area contributed by atoms with Gasteiger partial charge in [-0.2, -0.15) is 0 Å². The third kappa shape index (κ3) is 49.4. The fourth-order valence-corrected chi connectivity index (χ4v) is 8.38. The van der Waals surface area contributed by atoms with E-state index < -0.39 is 12.1 Å². The Morgan fingerprint density at radius 2 is 0.825 bits per heavy atom. The highest BCUT2D eigenvalue weighted by Gasteiger charge is 2.20. The first-order valence-corrected chi connectivity index (χ1v) is 27.7. The van der Waals surface area contributed by atoms with E-state index in [1.165, 1.54) is 205 Å². The normalized spacial score (nSPS) is 12.9. The number of amides is 1. The summed E-state index contributed by atoms with van der Waals surface area (Å²) >= 11 is 0. The van der Waals surface area contributed by atoms with E-state index in [2.05, 4.69) is 55.6 Å². The van der Waals surface area contributed by atoms with Crippen LogP contribution >= 0.6 is 0 Å². The summed E-state index contributed by atoms with van der Waals surface area (Å²) in [6.07, 6.45) is 64.2. The highest BCUT2D eigenvalue weighted by molar-refractivity contribution is 5.76. The smallest absolute Gasteiger partial charge is 0.305 e. The lowest BCUT2D eigenvalue weighted by molar-refractivity contribution is -0.143. The number of ether oxygens (including phenoxy) is 1. The van der Waals surface area contributed by atoms with Gasteiger partial charge >= 0.3 is 5.97 Å². The van der Waals surface area contributed by atoms with Crippen LogP contribution in [0.5, 0.6) is 0 Å². The molecular formula is C57H107NO5. The number of hydrogen-bond acceptors (Lipinski definition) is 5. The predicted molar refractivity (Wildman–Crippen MR) is 273 cm³/mol. The molecule has 6 heteroatoms. The summed E-state index contributed by atoms with van der Waals surface area (Å²) in [5.41, 5.74) is 0. The molecule has 63 heavy (non-hydrogen) atoms. The lowest BCUT2D eigenvalue weighted by atomic mass is 10.0. The van der Waals surface area contributed by atoms with E-state index in [1.807, 2.05) is 0 Å². The average molecular weight is 886 g/mol. The van der Waals surface area contributed by atoms with Gasteiger partial charge in [-0.05, 0) is 77.0 Å². The number of allylic oxidation sites excluding steroid dienone is 6. The largest absolute Gasteiger partial charge is 0.466 e. The standard InChI is InChI=1S/C57H107NO5/c1-3-5-7-9-11-13-15-26-31-35-39-43-47-51-57(62)63-52-48-44-40-36-32-28-25-23-21-19-17-18-20-22-24-27-30-34-38-42-46-50-56(61)58-54(53-59)55(60)49-45-41-37-33-29-16-14-12-10-8-6-4-2/h7,9,13,15,18,20,54-55,59-60H,3-6,8,10-12,14,16-17,19,21-53H2,1-2H3,(H,58,61)/b9-7-,15-13-,20-18-. The molecule has 0 aromatic heterocycles. The zero-order valence-electron chi connectivity index (χ0n) is 42.1. The number of aliphatic hydroxyl groups excluding tert-OH is 2. The first kappa shape index (κ1) is 61.1. The van der Waals surface area contributed by atoms with Crippen LogP contribution in [0.15, 0.2) is 36.5 Å². The molecule has 0 bridgehead atoms. The lowest BCUT2D eigenvalue weighted by Gasteiger charge is -2.22. The van der Waals surface area contributed by atoms with Gasteiger partial charge in [0, 0.05) is 12.8 Å². The van der Waals surface area contributed by atoms with Gasteiger partial charge < -0.3 is 20.3 Å². The van der Waals surface area contributed by atoms with Gasteiger partial charge in [0.05, 0.1) is 25.4 Å². The molecule has 370 valence electrons. The lowest BCUT2D eigenvalue weighted by Crippen LogP contribution is -2.45. The maximum atomic E-state index is 12.4. The Labute approximate surface area is 392 Å². The minimum absolute atomic E-state index is 0.00758. The van der Waals surface area contributed by atoms with Crippen molar-refractivity contribution in [3.63, 3.8) is 0 Å². The summed E-state index contributed by atoms with van der Waals surface area (Å²) < 4.78 is 5.46. The van der Waals surface area contributed by atoms with Gasteiger partial charge in [0.25, 0.3) is 0 Å². The first-order valence-electron chi connectivity index (χ1n) is 27.7. The highest BCUT2D eigenvalue weighted by atomic mass is 16.5. The van der Waals surface area contributed by atoms with Crippen LogP contribution in [0.1, 0.15) is 290 Å². The molecule has 2 unspecified atom stereocenters. The second kappa shape index (κ2) is 52.7. The molecule has 1 amide bonds. The Bertz CT molecular complexity index is 1020. The molecule has 2 atom stereocenters. The van der Waals surface area contributed by atoms with Gasteiger partial charge in [0.1, 0.15) is 0 Å². The Kier molecular flexibility index (Phi) is 51.1. The Morgan fingerprint density at radius 1 is 0.444 bits per heavy atom. The van der Waals surface area contributed by atoms with Crippen molar-refractivity contribution in [1.29, 1.82) is 0 Å². The summed E-state index contributed by atoms with van der Waals surface area (Å²) in [4.78, 5) is 24.4. The summed E-state index contributed by atoms with van der Waals surface area (Å²) in [5.74, 6) is -0.0514. The van der Waals surface area contributed by atoms with Crippen LogP contribution in [0.2, 0.25) is 0 Å². The van der Waals surface area contributed by atoms with Gasteiger partial charge in [-0.1, -0.05) is 237 Å². The summed E-state index contributed by atoms with van der Waals surface area (Å²) in [6, 6.07) is -0.546. The molecule has 0 aliphatic carbocycles. The first-order chi connectivity index (χ1) is 31.0. The molecule has 0 saturated heterocycles. The van der Waals surface area contributed by atoms with Crippen molar-refractivity contribution in [2.75, 3.05) is 13.2 Å². The van der Waals surface area contributed by atoms with Crippen LogP contribution in [0.4, 0.5) is 0 Å². The second-order valence-corrected chi connectivity index (χ2v) is 18.9. The van der Waals surface area contributed by atoms with Crippen LogP contribution < -0.4 is 5.32 Å². The molecule has 0 aliphatic rings. The molecule has 0 radical (unpaired) electrons. The molecular weight excluding hydrogens is 779 g/mol. The SMILES string of the molecule is CCC/C=C\C/C=C\CCCCCCCC(=O)OCCCCCCCCCCCC/C=C\CCCCCCCCCC(=O)NC(CO)C(O)CCCCCCCCCCCCCC. The van der Waals surface area contributed by atoms with Gasteiger partial charge in [-0.3, -0.25) is 9.59 Å². The molecule has 0 rings (SSSR count). The number of nitrogens with one attached hydrogen (secondary N) is 1. The number of esters is 1. The van der Waals surface area contributed by atoms with Crippen molar-refractivity contribution in [1.82, 2.24) is 5.32 Å². The summed E-state index contributed by atoms with van der Waals surface area (Å²) in [5, 5.41) is 23.2. The minimum atomic E-state index is -0.668. The number of aliphatic hydroxyl groups is 2. The molecule has 0 aromatic rings. The quantitative estimate of drug-likeness (QED) is 0.0321. The highest BCUT2D eigenvalue weighted by Crippen LogP contribution is 2.16. The maximum Gasteiger partial charge on any atom is 0.305 e. The minimum Gasteiger partial charge on any atom is -0.466 e. The number of carbonyl (C=O) groups is 2. The molecule has 0 saturated carbocycles. The Morgan fingerprint density at radius 3 is 1.29 bits per heavy atom. The fourth-order valence-electron chi connectivity index (χ4n) is 8.38. The van der Waals surface area contributed by atoms with Gasteiger partial charge in [-0.25, -0.2) is 0 Å². The van der Waals surface area contributed by atoms with Crippen molar-refractivity contribution < 1.29 is 24.5 Å². The van der Waals surface area contributed by atoms with E-state index in [0.29, 0.717) is 25.9 Å². The summed E-state index contributed by atoms with van der Waals surface area (Å²) in [6.45, 7) is 4.87. The van der Waals surface area contributed by atoms with E-state index in [1.54, 1.807) is 0 Å². The molecule has 0 spiro atoms. The fraction of sp³-hybridized carbons (Fsp3) is 0.860. The Hall–Kier alpha value is -1.92. The van der Waals surface area contributed by atoms with Crippen LogP contribution in [-0.2, 0) is 14.3 Å². The third-order valence-corrected chi connectivity index (χ3v) is 12.6. The molecule has 0 heterocycles. The van der Waals surface area contributed by atoms with E-state index in [4.69, 9.17) is 4.74 Å². The topological polar surface area (TPSA) is 95.9 Å². The van der Waals surface area contributed by atoms with Gasteiger partial charge in [-0.15, -0.1) is 0 Å². The predicted octanol–water partition coefficient (Wildman–Crippen LogP) is 16.9. The summed E-state index contributed by atoms with van der Waals surface area (Å²) in [7, 11) is 0. The van der Waals surface area contributed by atoms with Crippen molar-refractivity contribution >= 4 is 11.9 Å². The molecule has 0 fully saturated rings. The molecule has 3 N–H and O–H groups in total. The average Bonchev–Trinajstić information content (AvgIpc) is 3.28. The van der Waals surface area contributed by atoms with Crippen molar-refractivity contribution in [2.45, 2.75) is 302 Å². The molecule has 0 aromatic carbocycles. The van der Waals surface area contributed by atoms with E-state index in [9.17, 15) is 19.8 Å². The monoisotopic (exact) mass is 886 g/mol. The number of unbranched alkanes of at least 4 members (excludes halogenated alkanes) is 34. The zero-order chi connectivity index (χ0) is 45.8.